The Hall–Kier alpha value is -4.90. The number of hydrogen-bond donors (Lipinski definition) is 3. The highest BCUT2D eigenvalue weighted by atomic mass is 16.3. The van der Waals surface area contributed by atoms with Crippen LogP contribution in [0.1, 0.15) is 11.4 Å². The molecular weight excluding hydrogens is 460 g/mol. The fraction of sp³-hybridized carbons (Fsp3) is 0.0625. The van der Waals surface area contributed by atoms with Gasteiger partial charge in [-0.3, -0.25) is 0 Å². The van der Waals surface area contributed by atoms with Crippen LogP contribution in [-0.4, -0.2) is 25.3 Å². The van der Waals surface area contributed by atoms with Crippen molar-refractivity contribution in [3.63, 3.8) is 0 Å². The van der Waals surface area contributed by atoms with E-state index < -0.39 is 0 Å². The van der Waals surface area contributed by atoms with Crippen molar-refractivity contribution in [2.75, 3.05) is 0 Å². The number of phenolic OH excluding ortho intramolecular Hbond substituents is 3. The monoisotopic (exact) mass is 484 g/mol. The third-order valence-electron chi connectivity index (χ3n) is 6.84. The lowest BCUT2D eigenvalue weighted by molar-refractivity contribution is 0.477. The van der Waals surface area contributed by atoms with E-state index in [1.807, 2.05) is 74.5 Å². The molecular formula is C32H24N2O3. The van der Waals surface area contributed by atoms with Crippen LogP contribution in [0.3, 0.4) is 0 Å². The molecule has 0 bridgehead atoms. The van der Waals surface area contributed by atoms with Crippen molar-refractivity contribution in [2.24, 2.45) is 0 Å². The van der Waals surface area contributed by atoms with Crippen molar-refractivity contribution in [3.8, 4) is 50.6 Å². The summed E-state index contributed by atoms with van der Waals surface area (Å²) in [6, 6.07) is 28.3. The van der Waals surface area contributed by atoms with Crippen LogP contribution < -0.4 is 0 Å². The van der Waals surface area contributed by atoms with Crippen LogP contribution in [0.4, 0.5) is 0 Å². The second-order valence-electron chi connectivity index (χ2n) is 9.19. The minimum absolute atomic E-state index is 0.115. The number of aryl methyl sites for hydroxylation is 2. The summed E-state index contributed by atoms with van der Waals surface area (Å²) >= 11 is 0. The van der Waals surface area contributed by atoms with Gasteiger partial charge >= 0.3 is 0 Å². The van der Waals surface area contributed by atoms with Gasteiger partial charge in [-0.05, 0) is 55.3 Å². The second kappa shape index (κ2) is 8.64. The number of rotatable bonds is 3. The smallest absolute Gasteiger partial charge is 0.141 e. The summed E-state index contributed by atoms with van der Waals surface area (Å²) in [5, 5.41) is 33.7. The predicted octanol–water partition coefficient (Wildman–Crippen LogP) is 7.52. The molecule has 0 saturated carbocycles. The van der Waals surface area contributed by atoms with E-state index in [1.54, 1.807) is 30.3 Å². The summed E-state index contributed by atoms with van der Waals surface area (Å²) in [6.07, 6.45) is 0. The molecule has 0 aliphatic carbocycles. The first-order valence-electron chi connectivity index (χ1n) is 12.0. The van der Waals surface area contributed by atoms with Crippen molar-refractivity contribution < 1.29 is 15.3 Å². The number of nitrogens with zero attached hydrogens (tertiary/aromatic N) is 2. The highest BCUT2D eigenvalue weighted by Crippen LogP contribution is 2.47. The Labute approximate surface area is 214 Å². The number of para-hydroxylation sites is 2. The molecule has 4 aromatic carbocycles. The number of pyridine rings is 2. The quantitative estimate of drug-likeness (QED) is 0.242. The summed E-state index contributed by atoms with van der Waals surface area (Å²) in [5.41, 5.74) is 7.46. The van der Waals surface area contributed by atoms with Gasteiger partial charge in [0.25, 0.3) is 0 Å². The summed E-state index contributed by atoms with van der Waals surface area (Å²) in [5.74, 6) is 0.361. The summed E-state index contributed by atoms with van der Waals surface area (Å²) in [4.78, 5) is 9.46. The Morgan fingerprint density at radius 3 is 1.59 bits per heavy atom. The molecule has 0 unspecified atom stereocenters. The SMILES string of the molecule is Cc1nc2c(O)cccc2cc1-c1c(O)ccc(-c2ccccc2)c1-c1cc2cccc(O)c2nc1C. The van der Waals surface area contributed by atoms with Crippen LogP contribution in [0.15, 0.2) is 91.0 Å². The van der Waals surface area contributed by atoms with Crippen molar-refractivity contribution in [2.45, 2.75) is 13.8 Å². The molecule has 0 aliphatic heterocycles. The van der Waals surface area contributed by atoms with Crippen LogP contribution >= 0.6 is 0 Å². The molecule has 37 heavy (non-hydrogen) atoms. The fourth-order valence-electron chi connectivity index (χ4n) is 5.06. The zero-order valence-electron chi connectivity index (χ0n) is 20.4. The number of hydrogen-bond acceptors (Lipinski definition) is 5. The van der Waals surface area contributed by atoms with Crippen LogP contribution in [0.5, 0.6) is 17.2 Å². The van der Waals surface area contributed by atoms with Crippen LogP contribution in [0.25, 0.3) is 55.2 Å². The maximum atomic E-state index is 11.3. The van der Waals surface area contributed by atoms with E-state index in [-0.39, 0.29) is 17.2 Å². The number of aromatic hydroxyl groups is 3. The Morgan fingerprint density at radius 1 is 0.486 bits per heavy atom. The minimum Gasteiger partial charge on any atom is -0.507 e. The molecule has 180 valence electrons. The Morgan fingerprint density at radius 2 is 1.03 bits per heavy atom. The molecule has 0 spiro atoms. The number of benzene rings is 4. The lowest BCUT2D eigenvalue weighted by Gasteiger charge is -2.20. The van der Waals surface area contributed by atoms with Crippen LogP contribution in [0.2, 0.25) is 0 Å². The van der Waals surface area contributed by atoms with Crippen LogP contribution in [0, 0.1) is 13.8 Å². The summed E-state index contributed by atoms with van der Waals surface area (Å²) in [6.45, 7) is 3.79. The molecule has 5 nitrogen and oxygen atoms in total. The number of fused-ring (bicyclic) bond motifs is 2. The standard InChI is InChI=1S/C32H24N2O3/c1-18-24(16-21-10-6-12-27(36)31(21)33-18)29-23(20-8-4-3-5-9-20)14-15-26(35)30(29)25-17-22-11-7-13-28(37)32(22)34-19(25)2/h3-17,35-37H,1-2H3. The number of aromatic nitrogens is 2. The molecule has 0 radical (unpaired) electrons. The van der Waals surface area contributed by atoms with Crippen molar-refractivity contribution in [1.29, 1.82) is 0 Å². The minimum atomic E-state index is 0.115. The first-order valence-corrected chi connectivity index (χ1v) is 12.0. The largest absolute Gasteiger partial charge is 0.507 e. The van der Waals surface area contributed by atoms with Gasteiger partial charge in [0.05, 0.1) is 0 Å². The van der Waals surface area contributed by atoms with Crippen molar-refractivity contribution in [1.82, 2.24) is 9.97 Å². The molecule has 5 heteroatoms. The van der Waals surface area contributed by atoms with Gasteiger partial charge in [0.15, 0.2) is 0 Å². The van der Waals surface area contributed by atoms with Gasteiger partial charge in [0.1, 0.15) is 28.3 Å². The molecule has 0 saturated heterocycles. The zero-order valence-corrected chi connectivity index (χ0v) is 20.4. The summed E-state index contributed by atoms with van der Waals surface area (Å²) in [7, 11) is 0. The lowest BCUT2D eigenvalue weighted by atomic mass is 9.85. The predicted molar refractivity (Wildman–Crippen MR) is 148 cm³/mol. The molecule has 2 heterocycles. The summed E-state index contributed by atoms with van der Waals surface area (Å²) < 4.78 is 0. The molecule has 0 aliphatic rings. The van der Waals surface area contributed by atoms with E-state index >= 15 is 0 Å². The molecule has 0 atom stereocenters. The third-order valence-corrected chi connectivity index (χ3v) is 6.84. The van der Waals surface area contributed by atoms with E-state index in [0.29, 0.717) is 22.3 Å². The first kappa shape index (κ1) is 22.6. The molecule has 6 rings (SSSR count). The van der Waals surface area contributed by atoms with E-state index in [0.717, 1.165) is 44.3 Å². The molecule has 0 fully saturated rings. The van der Waals surface area contributed by atoms with Gasteiger partial charge in [0.2, 0.25) is 0 Å². The topological polar surface area (TPSA) is 86.5 Å². The maximum Gasteiger partial charge on any atom is 0.141 e. The lowest BCUT2D eigenvalue weighted by Crippen LogP contribution is -1.98. The van der Waals surface area contributed by atoms with Gasteiger partial charge < -0.3 is 15.3 Å². The Balaban J connectivity index is 1.75. The molecule has 2 aromatic heterocycles. The normalized spacial score (nSPS) is 11.3. The van der Waals surface area contributed by atoms with Gasteiger partial charge in [-0.15, -0.1) is 0 Å². The van der Waals surface area contributed by atoms with Crippen molar-refractivity contribution in [3.05, 3.63) is 102 Å². The van der Waals surface area contributed by atoms with Gasteiger partial charge in [0, 0.05) is 44.4 Å². The molecule has 3 N–H and O–H groups in total. The number of phenols is 3. The van der Waals surface area contributed by atoms with E-state index in [4.69, 9.17) is 9.97 Å². The average Bonchev–Trinajstić information content (AvgIpc) is 2.90. The highest BCUT2D eigenvalue weighted by Gasteiger charge is 2.23. The van der Waals surface area contributed by atoms with Crippen LogP contribution in [-0.2, 0) is 0 Å². The second-order valence-corrected chi connectivity index (χ2v) is 9.19. The molecule has 6 aromatic rings. The van der Waals surface area contributed by atoms with Gasteiger partial charge in [-0.25, -0.2) is 9.97 Å². The Kier molecular flexibility index (Phi) is 5.27. The molecule has 0 amide bonds. The van der Waals surface area contributed by atoms with Gasteiger partial charge in [-0.1, -0.05) is 60.7 Å². The van der Waals surface area contributed by atoms with E-state index in [9.17, 15) is 15.3 Å². The zero-order chi connectivity index (χ0) is 25.7. The maximum absolute atomic E-state index is 11.3. The fourth-order valence-corrected chi connectivity index (χ4v) is 5.06. The highest BCUT2D eigenvalue weighted by molar-refractivity contribution is 6.02. The average molecular weight is 485 g/mol. The van der Waals surface area contributed by atoms with E-state index in [2.05, 4.69) is 0 Å². The third kappa shape index (κ3) is 3.72. The van der Waals surface area contributed by atoms with E-state index in [1.165, 1.54) is 0 Å². The first-order chi connectivity index (χ1) is 17.9. The Bertz CT molecular complexity index is 1830. The van der Waals surface area contributed by atoms with Crippen molar-refractivity contribution >= 4 is 21.8 Å². The van der Waals surface area contributed by atoms with Gasteiger partial charge in [-0.2, -0.15) is 0 Å².